The Morgan fingerprint density at radius 3 is 2.27 bits per heavy atom. The zero-order valence-electron chi connectivity index (χ0n) is 16.5. The maximum atomic E-state index is 13.0. The number of benzene rings is 2. The smallest absolute Gasteiger partial charge is 0.253 e. The first-order valence-electron chi connectivity index (χ1n) is 9.18. The molecular weight excluding hydrogens is 431 g/mol. The second-order valence-corrected chi connectivity index (χ2v) is 7.96. The van der Waals surface area contributed by atoms with E-state index in [0.717, 1.165) is 0 Å². The van der Waals surface area contributed by atoms with Crippen LogP contribution in [0.5, 0.6) is 11.5 Å². The van der Waals surface area contributed by atoms with E-state index in [1.807, 2.05) is 0 Å². The van der Waals surface area contributed by atoms with E-state index in [9.17, 15) is 14.4 Å². The van der Waals surface area contributed by atoms with E-state index in [1.54, 1.807) is 19.9 Å². The van der Waals surface area contributed by atoms with Gasteiger partial charge in [-0.2, -0.15) is 0 Å². The van der Waals surface area contributed by atoms with Crippen molar-refractivity contribution in [3.8, 4) is 11.5 Å². The monoisotopic (exact) mass is 450 g/mol. The molecule has 3 rings (SSSR count). The average Bonchev–Trinajstić information content (AvgIpc) is 3.12. The Morgan fingerprint density at radius 1 is 1.00 bits per heavy atom. The van der Waals surface area contributed by atoms with Crippen molar-refractivity contribution in [3.63, 3.8) is 0 Å². The number of ether oxygens (including phenoxy) is 2. The summed E-state index contributed by atoms with van der Waals surface area (Å²) in [6, 6.07) is 6.66. The van der Waals surface area contributed by atoms with Crippen LogP contribution in [0.2, 0.25) is 10.0 Å². The lowest BCUT2D eigenvalue weighted by Crippen LogP contribution is -2.47. The summed E-state index contributed by atoms with van der Waals surface area (Å²) in [4.78, 5) is 37.7. The van der Waals surface area contributed by atoms with Gasteiger partial charge in [-0.1, -0.05) is 37.0 Å². The van der Waals surface area contributed by atoms with Gasteiger partial charge in [0.1, 0.15) is 6.04 Å². The van der Waals surface area contributed by atoms with Gasteiger partial charge in [-0.05, 0) is 37.1 Å². The molecule has 0 fully saturated rings. The summed E-state index contributed by atoms with van der Waals surface area (Å²) in [6.07, 6.45) is 0. The number of carbonyl (C=O) groups excluding carboxylic acids is 3. The lowest BCUT2D eigenvalue weighted by molar-refractivity contribution is -0.118. The van der Waals surface area contributed by atoms with E-state index in [0.29, 0.717) is 16.5 Å². The molecule has 0 radical (unpaired) electrons. The summed E-state index contributed by atoms with van der Waals surface area (Å²) in [7, 11) is 0. The van der Waals surface area contributed by atoms with Gasteiger partial charge in [0, 0.05) is 16.7 Å². The first kappa shape index (κ1) is 21.9. The molecule has 1 heterocycles. The first-order chi connectivity index (χ1) is 14.2. The maximum absolute atomic E-state index is 13.0. The summed E-state index contributed by atoms with van der Waals surface area (Å²) in [5.74, 6) is -0.623. The lowest BCUT2D eigenvalue weighted by atomic mass is 10.0. The fourth-order valence-electron chi connectivity index (χ4n) is 2.97. The second kappa shape index (κ2) is 8.93. The molecule has 0 aliphatic carbocycles. The van der Waals surface area contributed by atoms with Gasteiger partial charge in [0.2, 0.25) is 12.7 Å². The largest absolute Gasteiger partial charge is 0.454 e. The van der Waals surface area contributed by atoms with Gasteiger partial charge in [-0.25, -0.2) is 0 Å². The molecule has 30 heavy (non-hydrogen) atoms. The Labute approximate surface area is 183 Å². The van der Waals surface area contributed by atoms with Gasteiger partial charge in [-0.15, -0.1) is 0 Å². The Hall–Kier alpha value is -2.77. The summed E-state index contributed by atoms with van der Waals surface area (Å²) < 4.78 is 10.6. The van der Waals surface area contributed by atoms with E-state index in [4.69, 9.17) is 32.7 Å². The van der Waals surface area contributed by atoms with Gasteiger partial charge in [0.25, 0.3) is 5.91 Å². The summed E-state index contributed by atoms with van der Waals surface area (Å²) >= 11 is 12.0. The van der Waals surface area contributed by atoms with Crippen molar-refractivity contribution in [1.82, 2.24) is 5.32 Å². The number of carbonyl (C=O) groups is 3. The van der Waals surface area contributed by atoms with Gasteiger partial charge >= 0.3 is 0 Å². The second-order valence-electron chi connectivity index (χ2n) is 7.12. The van der Waals surface area contributed by atoms with Crippen LogP contribution in [-0.2, 0) is 4.79 Å². The van der Waals surface area contributed by atoms with Crippen molar-refractivity contribution in [2.24, 2.45) is 5.92 Å². The molecule has 1 unspecified atom stereocenters. The number of amides is 2. The highest BCUT2D eigenvalue weighted by molar-refractivity contribution is 6.36. The molecule has 0 saturated heterocycles. The molecule has 0 saturated carbocycles. The molecule has 9 heteroatoms. The summed E-state index contributed by atoms with van der Waals surface area (Å²) in [5.41, 5.74) is 0.760. The Morgan fingerprint density at radius 2 is 1.67 bits per heavy atom. The fourth-order valence-corrected chi connectivity index (χ4v) is 3.47. The van der Waals surface area contributed by atoms with Gasteiger partial charge in [-0.3, -0.25) is 14.4 Å². The third-order valence-corrected chi connectivity index (χ3v) is 5.11. The Kier molecular flexibility index (Phi) is 6.53. The highest BCUT2D eigenvalue weighted by Gasteiger charge is 2.28. The highest BCUT2D eigenvalue weighted by Crippen LogP contribution is 2.37. The van der Waals surface area contributed by atoms with Crippen molar-refractivity contribution in [1.29, 1.82) is 0 Å². The van der Waals surface area contributed by atoms with Crippen LogP contribution in [0.25, 0.3) is 0 Å². The third kappa shape index (κ3) is 4.68. The molecule has 0 aromatic heterocycles. The van der Waals surface area contributed by atoms with Crippen LogP contribution in [0.4, 0.5) is 5.69 Å². The lowest BCUT2D eigenvalue weighted by Gasteiger charge is -2.22. The molecule has 2 aromatic rings. The standard InChI is InChI=1S/C21H20Cl2N2O5/c1-10(2)19(25-20(27)13-5-4-12(22)6-15(13)23)21(28)24-16-8-18-17(29-9-30-18)7-14(16)11(3)26/h4-8,10,19H,9H2,1-3H3,(H,24,28)(H,25,27). The van der Waals surface area contributed by atoms with E-state index in [-0.39, 0.29) is 40.3 Å². The zero-order chi connectivity index (χ0) is 22.0. The van der Waals surface area contributed by atoms with Crippen LogP contribution >= 0.6 is 23.2 Å². The molecule has 2 aromatic carbocycles. The highest BCUT2D eigenvalue weighted by atomic mass is 35.5. The minimum atomic E-state index is -0.880. The maximum Gasteiger partial charge on any atom is 0.253 e. The van der Waals surface area contributed by atoms with Crippen LogP contribution in [0.3, 0.4) is 0 Å². The fraction of sp³-hybridized carbons (Fsp3) is 0.286. The number of hydrogen-bond acceptors (Lipinski definition) is 5. The molecular formula is C21H20Cl2N2O5. The molecule has 1 aliphatic heterocycles. The number of rotatable bonds is 6. The van der Waals surface area contributed by atoms with Crippen LogP contribution in [0.1, 0.15) is 41.5 Å². The normalized spacial score (nSPS) is 13.1. The topological polar surface area (TPSA) is 93.7 Å². The molecule has 7 nitrogen and oxygen atoms in total. The number of anilines is 1. The van der Waals surface area contributed by atoms with Gasteiger partial charge < -0.3 is 20.1 Å². The molecule has 2 N–H and O–H groups in total. The molecule has 1 atom stereocenters. The van der Waals surface area contributed by atoms with Crippen LogP contribution in [-0.4, -0.2) is 30.4 Å². The molecule has 0 bridgehead atoms. The van der Waals surface area contributed by atoms with Crippen molar-refractivity contribution in [3.05, 3.63) is 51.5 Å². The molecule has 1 aliphatic rings. The predicted octanol–water partition coefficient (Wildman–Crippen LogP) is 4.32. The number of ketones is 1. The van der Waals surface area contributed by atoms with Crippen molar-refractivity contribution < 1.29 is 23.9 Å². The third-order valence-electron chi connectivity index (χ3n) is 4.56. The number of nitrogens with one attached hydrogen (secondary N) is 2. The quantitative estimate of drug-likeness (QED) is 0.639. The number of Topliss-reactive ketones (excluding diaryl/α,β-unsaturated/α-hetero) is 1. The van der Waals surface area contributed by atoms with E-state index in [2.05, 4.69) is 10.6 Å². The Bertz CT molecular complexity index is 1020. The minimum absolute atomic E-state index is 0.0383. The molecule has 0 spiro atoms. The van der Waals surface area contributed by atoms with E-state index in [1.165, 1.54) is 31.2 Å². The number of fused-ring (bicyclic) bond motifs is 1. The van der Waals surface area contributed by atoms with Crippen molar-refractivity contribution in [2.75, 3.05) is 12.1 Å². The van der Waals surface area contributed by atoms with Gasteiger partial charge in [0.15, 0.2) is 17.3 Å². The zero-order valence-corrected chi connectivity index (χ0v) is 18.1. The SMILES string of the molecule is CC(=O)c1cc2c(cc1NC(=O)C(NC(=O)c1ccc(Cl)cc1Cl)C(C)C)OCO2. The van der Waals surface area contributed by atoms with Crippen LogP contribution in [0, 0.1) is 5.92 Å². The van der Waals surface area contributed by atoms with E-state index < -0.39 is 17.9 Å². The Balaban J connectivity index is 1.83. The minimum Gasteiger partial charge on any atom is -0.454 e. The predicted molar refractivity (Wildman–Crippen MR) is 114 cm³/mol. The van der Waals surface area contributed by atoms with Crippen molar-refractivity contribution in [2.45, 2.75) is 26.8 Å². The summed E-state index contributed by atoms with van der Waals surface area (Å²) in [5, 5.41) is 5.99. The van der Waals surface area contributed by atoms with Crippen LogP contribution in [0.15, 0.2) is 30.3 Å². The molecule has 2 amide bonds. The van der Waals surface area contributed by atoms with Gasteiger partial charge in [0.05, 0.1) is 16.3 Å². The first-order valence-corrected chi connectivity index (χ1v) is 9.94. The van der Waals surface area contributed by atoms with Crippen molar-refractivity contribution >= 4 is 46.5 Å². The summed E-state index contributed by atoms with van der Waals surface area (Å²) in [6.45, 7) is 5.01. The van der Waals surface area contributed by atoms with E-state index >= 15 is 0 Å². The van der Waals surface area contributed by atoms with Crippen LogP contribution < -0.4 is 20.1 Å². The number of hydrogen-bond donors (Lipinski definition) is 2. The molecule has 158 valence electrons. The average molecular weight is 451 g/mol. The number of halogens is 2.